The van der Waals surface area contributed by atoms with Crippen molar-refractivity contribution >= 4 is 17.3 Å². The van der Waals surface area contributed by atoms with Crippen LogP contribution in [0.15, 0.2) is 41.1 Å². The fraction of sp³-hybridized carbons (Fsp3) is 0.478. The van der Waals surface area contributed by atoms with Gasteiger partial charge in [0.25, 0.3) is 0 Å². The van der Waals surface area contributed by atoms with Crippen molar-refractivity contribution in [2.45, 2.75) is 51.6 Å². The predicted octanol–water partition coefficient (Wildman–Crippen LogP) is 4.61. The minimum atomic E-state index is -0.492. The number of esters is 1. The molecule has 5 rings (SSSR count). The minimum absolute atomic E-state index is 0.0419. The van der Waals surface area contributed by atoms with E-state index in [1.807, 2.05) is 13.0 Å². The van der Waals surface area contributed by atoms with Gasteiger partial charge in [-0.2, -0.15) is 0 Å². The first kappa shape index (κ1) is 16.8. The molecule has 0 saturated heterocycles. The van der Waals surface area contributed by atoms with Gasteiger partial charge in [-0.05, 0) is 43.8 Å². The molecule has 1 aromatic heterocycles. The second kappa shape index (κ2) is 4.92. The average Bonchev–Trinajstić information content (AvgIpc) is 3.20. The Bertz CT molecular complexity index is 977. The topological polar surface area (TPSA) is 56.5 Å². The van der Waals surface area contributed by atoms with Crippen molar-refractivity contribution in [3.05, 3.63) is 53.5 Å². The smallest absolute Gasteiger partial charge is 0.342 e. The van der Waals surface area contributed by atoms with Crippen LogP contribution in [-0.2, 0) is 14.9 Å². The van der Waals surface area contributed by atoms with Gasteiger partial charge in [-0.15, -0.1) is 6.58 Å². The van der Waals surface area contributed by atoms with E-state index in [-0.39, 0.29) is 23.9 Å². The van der Waals surface area contributed by atoms with Crippen molar-refractivity contribution < 1.29 is 18.7 Å². The zero-order valence-corrected chi connectivity index (χ0v) is 16.1. The van der Waals surface area contributed by atoms with E-state index < -0.39 is 10.8 Å². The van der Waals surface area contributed by atoms with E-state index in [0.29, 0.717) is 23.5 Å². The molecule has 2 heterocycles. The SMILES string of the molecule is C=C[C@@H]1C[C@]2(C)C(=O)CCC2C2=C1[C@]1(C)c3c(coc3C2=C)C(=O)O[C@@H]1C. The molecule has 1 unspecified atom stereocenters. The van der Waals surface area contributed by atoms with Gasteiger partial charge >= 0.3 is 5.97 Å². The van der Waals surface area contributed by atoms with E-state index in [1.165, 1.54) is 11.8 Å². The lowest BCUT2D eigenvalue weighted by atomic mass is 9.51. The normalized spacial score (nSPS) is 39.7. The maximum Gasteiger partial charge on any atom is 0.342 e. The molecule has 4 aliphatic rings. The van der Waals surface area contributed by atoms with E-state index in [0.717, 1.165) is 29.6 Å². The van der Waals surface area contributed by atoms with Gasteiger partial charge < -0.3 is 9.15 Å². The Balaban J connectivity index is 1.86. The summed E-state index contributed by atoms with van der Waals surface area (Å²) in [4.78, 5) is 25.2. The fourth-order valence-electron chi connectivity index (χ4n) is 6.25. The highest BCUT2D eigenvalue weighted by molar-refractivity contribution is 5.99. The summed E-state index contributed by atoms with van der Waals surface area (Å²) in [5.41, 5.74) is 3.69. The van der Waals surface area contributed by atoms with Crippen LogP contribution in [0.1, 0.15) is 61.7 Å². The third-order valence-corrected chi connectivity index (χ3v) is 7.79. The lowest BCUT2D eigenvalue weighted by Crippen LogP contribution is -2.51. The molecule has 0 radical (unpaired) electrons. The summed E-state index contributed by atoms with van der Waals surface area (Å²) in [6, 6.07) is 0. The molecule has 27 heavy (non-hydrogen) atoms. The number of ether oxygens (including phenoxy) is 1. The minimum Gasteiger partial charge on any atom is -0.463 e. The lowest BCUT2D eigenvalue weighted by molar-refractivity contribution is -0.126. The number of cyclic esters (lactones) is 1. The van der Waals surface area contributed by atoms with Crippen molar-refractivity contribution in [2.75, 3.05) is 0 Å². The van der Waals surface area contributed by atoms with Crippen LogP contribution in [0.5, 0.6) is 0 Å². The maximum atomic E-state index is 12.8. The molecule has 1 aliphatic heterocycles. The molecule has 0 bridgehead atoms. The molecule has 0 spiro atoms. The van der Waals surface area contributed by atoms with Crippen molar-refractivity contribution in [1.82, 2.24) is 0 Å². The Kier molecular flexibility index (Phi) is 3.06. The molecule has 0 amide bonds. The molecule has 5 atom stereocenters. The highest BCUT2D eigenvalue weighted by Crippen LogP contribution is 2.64. The van der Waals surface area contributed by atoms with Crippen molar-refractivity contribution in [3.8, 4) is 0 Å². The summed E-state index contributed by atoms with van der Waals surface area (Å²) in [6.07, 6.45) is 5.33. The number of hydrogen-bond acceptors (Lipinski definition) is 4. The number of furan rings is 1. The standard InChI is InChI=1S/C23H24O4/c1-6-13-9-22(4)15(7-8-16(22)24)17-11(2)20-19-14(10-26-20)21(25)27-12(3)23(19,5)18(13)17/h6,10,12-13,15H,1-2,7-9H2,3-5H3/t12-,13-,15?,22+,23-/m1/s1. The summed E-state index contributed by atoms with van der Waals surface area (Å²) in [5.74, 6) is 0.847. The van der Waals surface area contributed by atoms with E-state index in [9.17, 15) is 9.59 Å². The first-order valence-electron chi connectivity index (χ1n) is 9.68. The number of ketones is 1. The Morgan fingerprint density at radius 1 is 1.30 bits per heavy atom. The highest BCUT2D eigenvalue weighted by Gasteiger charge is 2.61. The van der Waals surface area contributed by atoms with Crippen LogP contribution < -0.4 is 0 Å². The van der Waals surface area contributed by atoms with Gasteiger partial charge in [0.05, 0.1) is 5.41 Å². The second-order valence-electron chi connectivity index (χ2n) is 8.89. The number of fused-ring (bicyclic) bond motifs is 3. The summed E-state index contributed by atoms with van der Waals surface area (Å²) in [7, 11) is 0. The predicted molar refractivity (Wildman–Crippen MR) is 101 cm³/mol. The Morgan fingerprint density at radius 2 is 2.04 bits per heavy atom. The van der Waals surface area contributed by atoms with Gasteiger partial charge in [0.2, 0.25) is 0 Å². The van der Waals surface area contributed by atoms with Crippen LogP contribution in [0.3, 0.4) is 0 Å². The first-order chi connectivity index (χ1) is 12.7. The van der Waals surface area contributed by atoms with Crippen molar-refractivity contribution in [1.29, 1.82) is 0 Å². The third-order valence-electron chi connectivity index (χ3n) is 7.79. The first-order valence-corrected chi connectivity index (χ1v) is 9.68. The molecule has 1 fully saturated rings. The lowest BCUT2D eigenvalue weighted by Gasteiger charge is -2.52. The Hall–Kier alpha value is -2.36. The second-order valence-corrected chi connectivity index (χ2v) is 8.89. The molecule has 4 heteroatoms. The number of allylic oxidation sites excluding steroid dienone is 3. The van der Waals surface area contributed by atoms with Crippen molar-refractivity contribution in [3.63, 3.8) is 0 Å². The van der Waals surface area contributed by atoms with E-state index in [2.05, 4.69) is 27.0 Å². The van der Waals surface area contributed by atoms with Crippen LogP contribution in [0.25, 0.3) is 5.57 Å². The van der Waals surface area contributed by atoms with Crippen LogP contribution >= 0.6 is 0 Å². The summed E-state index contributed by atoms with van der Waals surface area (Å²) in [5, 5.41) is 0. The van der Waals surface area contributed by atoms with Gasteiger partial charge in [-0.3, -0.25) is 4.79 Å². The van der Waals surface area contributed by atoms with Crippen LogP contribution in [-0.4, -0.2) is 17.9 Å². The van der Waals surface area contributed by atoms with Gasteiger partial charge in [0.1, 0.15) is 29.5 Å². The number of carbonyl (C=O) groups excluding carboxylic acids is 2. The van der Waals surface area contributed by atoms with E-state index in [1.54, 1.807) is 0 Å². The molecule has 140 valence electrons. The number of carbonyl (C=O) groups is 2. The summed E-state index contributed by atoms with van der Waals surface area (Å²) >= 11 is 0. The quantitative estimate of drug-likeness (QED) is 0.539. The number of hydrogen-bond donors (Lipinski definition) is 0. The largest absolute Gasteiger partial charge is 0.463 e. The Morgan fingerprint density at radius 3 is 2.74 bits per heavy atom. The molecular formula is C23H24O4. The Labute approximate surface area is 159 Å². The van der Waals surface area contributed by atoms with Gasteiger partial charge in [-0.25, -0.2) is 4.79 Å². The molecule has 3 aliphatic carbocycles. The number of Topliss-reactive ketones (excluding diaryl/α,β-unsaturated/α-hetero) is 1. The summed E-state index contributed by atoms with van der Waals surface area (Å²) in [6.45, 7) is 14.6. The van der Waals surface area contributed by atoms with Crippen LogP contribution in [0.2, 0.25) is 0 Å². The molecule has 0 aromatic carbocycles. The molecule has 1 saturated carbocycles. The molecular weight excluding hydrogens is 340 g/mol. The van der Waals surface area contributed by atoms with E-state index >= 15 is 0 Å². The molecule has 0 N–H and O–H groups in total. The zero-order valence-electron chi connectivity index (χ0n) is 16.1. The zero-order chi connectivity index (χ0) is 19.3. The molecule has 4 nitrogen and oxygen atoms in total. The van der Waals surface area contributed by atoms with Crippen molar-refractivity contribution in [2.24, 2.45) is 17.3 Å². The third kappa shape index (κ3) is 1.70. The monoisotopic (exact) mass is 364 g/mol. The average molecular weight is 364 g/mol. The van der Waals surface area contributed by atoms with Gasteiger partial charge in [0.15, 0.2) is 0 Å². The van der Waals surface area contributed by atoms with Gasteiger partial charge in [0, 0.05) is 28.9 Å². The van der Waals surface area contributed by atoms with Crippen LogP contribution in [0, 0.1) is 17.3 Å². The van der Waals surface area contributed by atoms with E-state index in [4.69, 9.17) is 9.15 Å². The highest BCUT2D eigenvalue weighted by atomic mass is 16.5. The van der Waals surface area contributed by atoms with Gasteiger partial charge in [-0.1, -0.05) is 19.6 Å². The summed E-state index contributed by atoms with van der Waals surface area (Å²) < 4.78 is 11.6. The van der Waals surface area contributed by atoms with Crippen LogP contribution in [0.4, 0.5) is 0 Å². The number of rotatable bonds is 1. The molecule has 1 aromatic rings. The maximum absolute atomic E-state index is 12.8. The fourth-order valence-corrected chi connectivity index (χ4v) is 6.25.